The van der Waals surface area contributed by atoms with E-state index in [4.69, 9.17) is 20.6 Å². The molecular weight excluding hydrogens is 494 g/mol. The largest absolute Gasteiger partial charge is 0.495 e. The van der Waals surface area contributed by atoms with Crippen molar-refractivity contribution in [3.05, 3.63) is 94.4 Å². The van der Waals surface area contributed by atoms with Crippen LogP contribution >= 0.6 is 11.5 Å². The third-order valence-corrected chi connectivity index (χ3v) is 6.42. The first-order valence-electron chi connectivity index (χ1n) is 11.2. The number of amides is 3. The quantitative estimate of drug-likeness (QED) is 0.306. The molecule has 0 radical (unpaired) electrons. The second-order valence-electron chi connectivity index (χ2n) is 8.04. The molecule has 4 aromatic rings. The summed E-state index contributed by atoms with van der Waals surface area (Å²) in [5.74, 6) is -0.942. The van der Waals surface area contributed by atoms with Crippen molar-refractivity contribution >= 4 is 40.6 Å². The Labute approximate surface area is 217 Å². The second-order valence-corrected chi connectivity index (χ2v) is 8.81. The minimum atomic E-state index is -1.25. The van der Waals surface area contributed by atoms with E-state index >= 15 is 0 Å². The number of aryl methyl sites for hydroxylation is 1. The van der Waals surface area contributed by atoms with Crippen molar-refractivity contribution in [1.82, 2.24) is 9.69 Å². The van der Waals surface area contributed by atoms with E-state index in [1.54, 1.807) is 43.3 Å². The Bertz CT molecular complexity index is 1430. The van der Waals surface area contributed by atoms with Crippen LogP contribution in [0.1, 0.15) is 43.3 Å². The molecule has 2 aromatic carbocycles. The first-order chi connectivity index (χ1) is 17.8. The van der Waals surface area contributed by atoms with Crippen molar-refractivity contribution in [1.29, 1.82) is 0 Å². The smallest absolute Gasteiger partial charge is 0.273 e. The number of para-hydroxylation sites is 2. The molecule has 0 saturated carbocycles. The van der Waals surface area contributed by atoms with E-state index in [1.807, 2.05) is 30.3 Å². The molecule has 0 unspecified atom stereocenters. The molecule has 3 amide bonds. The maximum atomic E-state index is 14.1. The highest BCUT2D eigenvalue weighted by molar-refractivity contribution is 7.09. The van der Waals surface area contributed by atoms with E-state index < -0.39 is 23.8 Å². The lowest BCUT2D eigenvalue weighted by atomic mass is 10.1. The number of ether oxygens (including phenoxy) is 1. The van der Waals surface area contributed by atoms with Gasteiger partial charge < -0.3 is 25.9 Å². The molecule has 0 aliphatic rings. The molecule has 2 aromatic heterocycles. The molecule has 190 valence electrons. The SMILES string of the molecule is COc1ccccc1N(C(=O)c1snc(C(N)=O)c1N)[C@H](C(=O)NCc1ccccc1)c1ccc(C)o1. The molecule has 0 spiro atoms. The van der Waals surface area contributed by atoms with Gasteiger partial charge in [0.25, 0.3) is 17.7 Å². The number of methoxy groups -OCH3 is 1. The van der Waals surface area contributed by atoms with Gasteiger partial charge in [0.1, 0.15) is 22.1 Å². The van der Waals surface area contributed by atoms with Gasteiger partial charge in [0.15, 0.2) is 11.7 Å². The van der Waals surface area contributed by atoms with Gasteiger partial charge in [-0.05, 0) is 48.3 Å². The number of anilines is 2. The molecule has 1 atom stereocenters. The highest BCUT2D eigenvalue weighted by Gasteiger charge is 2.39. The van der Waals surface area contributed by atoms with Gasteiger partial charge in [-0.1, -0.05) is 42.5 Å². The third-order valence-electron chi connectivity index (χ3n) is 5.57. The van der Waals surface area contributed by atoms with Gasteiger partial charge in [0.05, 0.1) is 18.5 Å². The van der Waals surface area contributed by atoms with E-state index in [0.717, 1.165) is 17.1 Å². The topological polar surface area (TPSA) is 154 Å². The molecule has 0 aliphatic heterocycles. The molecule has 37 heavy (non-hydrogen) atoms. The highest BCUT2D eigenvalue weighted by Crippen LogP contribution is 2.38. The van der Waals surface area contributed by atoms with Crippen molar-refractivity contribution in [2.75, 3.05) is 17.7 Å². The Hall–Kier alpha value is -4.64. The van der Waals surface area contributed by atoms with Crippen molar-refractivity contribution in [2.24, 2.45) is 5.73 Å². The summed E-state index contributed by atoms with van der Waals surface area (Å²) in [6.07, 6.45) is 0. The van der Waals surface area contributed by atoms with Gasteiger partial charge in [0, 0.05) is 6.54 Å². The molecule has 0 saturated heterocycles. The molecule has 0 fully saturated rings. The summed E-state index contributed by atoms with van der Waals surface area (Å²) < 4.78 is 15.3. The number of nitrogen functional groups attached to an aromatic ring is 1. The standard InChI is InChI=1S/C26H25N5O5S/c1-15-12-13-19(36-15)22(25(33)29-14-16-8-4-3-5-9-16)31(17-10-6-7-11-18(17)35-2)26(34)23-20(27)21(24(28)32)30-37-23/h3-13,22H,14,27H2,1-2H3,(H2,28,32)(H,29,33)/t22-/m0/s1. The number of hydrogen-bond donors (Lipinski definition) is 3. The summed E-state index contributed by atoms with van der Waals surface area (Å²) in [7, 11) is 1.45. The predicted octanol–water partition coefficient (Wildman–Crippen LogP) is 3.44. The van der Waals surface area contributed by atoms with Gasteiger partial charge in [-0.25, -0.2) is 0 Å². The van der Waals surface area contributed by atoms with E-state index in [2.05, 4.69) is 9.69 Å². The number of nitrogens with two attached hydrogens (primary N) is 2. The van der Waals surface area contributed by atoms with Crippen LogP contribution in [0.4, 0.5) is 11.4 Å². The van der Waals surface area contributed by atoms with Gasteiger partial charge in [-0.2, -0.15) is 4.37 Å². The van der Waals surface area contributed by atoms with Crippen LogP contribution in [0.3, 0.4) is 0 Å². The number of furan rings is 1. The van der Waals surface area contributed by atoms with Crippen LogP contribution in [-0.4, -0.2) is 29.2 Å². The number of rotatable bonds is 9. The Kier molecular flexibility index (Phi) is 7.54. The van der Waals surface area contributed by atoms with Crippen LogP contribution in [0.2, 0.25) is 0 Å². The summed E-state index contributed by atoms with van der Waals surface area (Å²) in [5.41, 5.74) is 12.2. The number of nitrogens with zero attached hydrogens (tertiary/aromatic N) is 2. The Morgan fingerprint density at radius 1 is 1.08 bits per heavy atom. The van der Waals surface area contributed by atoms with Crippen LogP contribution in [-0.2, 0) is 11.3 Å². The molecule has 10 nitrogen and oxygen atoms in total. The van der Waals surface area contributed by atoms with Crippen LogP contribution in [0.15, 0.2) is 71.1 Å². The van der Waals surface area contributed by atoms with Crippen LogP contribution in [0.25, 0.3) is 0 Å². The molecule has 2 heterocycles. The van der Waals surface area contributed by atoms with Crippen LogP contribution in [0.5, 0.6) is 5.75 Å². The van der Waals surface area contributed by atoms with Crippen molar-refractivity contribution in [2.45, 2.75) is 19.5 Å². The maximum absolute atomic E-state index is 14.1. The number of benzene rings is 2. The molecule has 0 aliphatic carbocycles. The summed E-state index contributed by atoms with van der Waals surface area (Å²) in [6.45, 7) is 1.95. The van der Waals surface area contributed by atoms with E-state index in [-0.39, 0.29) is 34.3 Å². The van der Waals surface area contributed by atoms with Gasteiger partial charge in [0.2, 0.25) is 0 Å². The van der Waals surface area contributed by atoms with Gasteiger partial charge in [-0.3, -0.25) is 19.3 Å². The predicted molar refractivity (Wildman–Crippen MR) is 139 cm³/mol. The fourth-order valence-corrected chi connectivity index (χ4v) is 4.53. The van der Waals surface area contributed by atoms with Crippen LogP contribution in [0, 0.1) is 6.92 Å². The Morgan fingerprint density at radius 2 is 1.78 bits per heavy atom. The summed E-state index contributed by atoms with van der Waals surface area (Å²) in [6, 6.07) is 18.2. The van der Waals surface area contributed by atoms with Crippen LogP contribution < -0.4 is 26.4 Å². The molecule has 5 N–H and O–H groups in total. The van der Waals surface area contributed by atoms with Gasteiger partial charge >= 0.3 is 0 Å². The molecule has 11 heteroatoms. The number of carbonyl (C=O) groups excluding carboxylic acids is 3. The zero-order valence-corrected chi connectivity index (χ0v) is 21.0. The number of primary amides is 1. The summed E-state index contributed by atoms with van der Waals surface area (Å²) in [5, 5.41) is 2.89. The number of carbonyl (C=O) groups is 3. The first kappa shape index (κ1) is 25.5. The second kappa shape index (κ2) is 11.0. The normalized spacial score (nSPS) is 11.5. The fourth-order valence-electron chi connectivity index (χ4n) is 3.79. The number of nitrogens with one attached hydrogen (secondary N) is 1. The number of aromatic nitrogens is 1. The lowest BCUT2D eigenvalue weighted by Crippen LogP contribution is -2.44. The average Bonchev–Trinajstić information content (AvgIpc) is 3.51. The number of hydrogen-bond acceptors (Lipinski definition) is 8. The lowest BCUT2D eigenvalue weighted by Gasteiger charge is -2.30. The lowest BCUT2D eigenvalue weighted by molar-refractivity contribution is -0.123. The third kappa shape index (κ3) is 5.31. The van der Waals surface area contributed by atoms with E-state index in [0.29, 0.717) is 11.5 Å². The van der Waals surface area contributed by atoms with Crippen molar-refractivity contribution < 1.29 is 23.5 Å². The van der Waals surface area contributed by atoms with Crippen molar-refractivity contribution in [3.8, 4) is 5.75 Å². The highest BCUT2D eigenvalue weighted by atomic mass is 32.1. The molecular formula is C26H25N5O5S. The first-order valence-corrected chi connectivity index (χ1v) is 12.0. The summed E-state index contributed by atoms with van der Waals surface area (Å²) in [4.78, 5) is 40.7. The minimum absolute atomic E-state index is 0.0520. The van der Waals surface area contributed by atoms with E-state index in [9.17, 15) is 14.4 Å². The van der Waals surface area contributed by atoms with Gasteiger partial charge in [-0.15, -0.1) is 0 Å². The van der Waals surface area contributed by atoms with Crippen molar-refractivity contribution in [3.63, 3.8) is 0 Å². The zero-order chi connectivity index (χ0) is 26.5. The zero-order valence-electron chi connectivity index (χ0n) is 20.1. The summed E-state index contributed by atoms with van der Waals surface area (Å²) >= 11 is 0.719. The maximum Gasteiger partial charge on any atom is 0.273 e. The Morgan fingerprint density at radius 3 is 2.41 bits per heavy atom. The average molecular weight is 520 g/mol. The van der Waals surface area contributed by atoms with E-state index in [1.165, 1.54) is 12.0 Å². The molecule has 0 bridgehead atoms. The molecule has 4 rings (SSSR count). The Balaban J connectivity index is 1.84. The minimum Gasteiger partial charge on any atom is -0.495 e. The fraction of sp³-hybridized carbons (Fsp3) is 0.154. The monoisotopic (exact) mass is 519 g/mol.